The van der Waals surface area contributed by atoms with Gasteiger partial charge in [0.1, 0.15) is 22.5 Å². The standard InChI is InChI=1S/C24H28O3/c1-17(2)9-7-10-18(3)11-8-15-24(4)16-14-20-22(27-24)19-12-5-6-13-21(19)26-23(20)25/h5-6,9,11-14,16H,7-8,10,15H2,1-4H3/b18-11+/t24-/m0/s1. The van der Waals surface area contributed by atoms with Crippen molar-refractivity contribution in [3.05, 3.63) is 69.6 Å². The van der Waals surface area contributed by atoms with Gasteiger partial charge in [-0.1, -0.05) is 35.4 Å². The second kappa shape index (κ2) is 7.99. The summed E-state index contributed by atoms with van der Waals surface area (Å²) in [6, 6.07) is 7.52. The summed E-state index contributed by atoms with van der Waals surface area (Å²) in [4.78, 5) is 12.2. The first kappa shape index (κ1) is 19.2. The molecule has 0 unspecified atom stereocenters. The van der Waals surface area contributed by atoms with E-state index in [1.54, 1.807) is 6.07 Å². The summed E-state index contributed by atoms with van der Waals surface area (Å²) < 4.78 is 11.7. The summed E-state index contributed by atoms with van der Waals surface area (Å²) in [5.41, 5.74) is 3.06. The van der Waals surface area contributed by atoms with Gasteiger partial charge in [0.2, 0.25) is 0 Å². The van der Waals surface area contributed by atoms with Gasteiger partial charge in [0.05, 0.1) is 5.39 Å². The topological polar surface area (TPSA) is 39.4 Å². The van der Waals surface area contributed by atoms with Crippen molar-refractivity contribution >= 4 is 17.0 Å². The molecule has 1 aliphatic rings. The number of fused-ring (bicyclic) bond motifs is 3. The van der Waals surface area contributed by atoms with Gasteiger partial charge < -0.3 is 9.15 Å². The Balaban J connectivity index is 1.73. The van der Waals surface area contributed by atoms with Crippen LogP contribution < -0.4 is 10.4 Å². The molecule has 0 bridgehead atoms. The number of benzene rings is 1. The molecule has 1 aliphatic heterocycles. The van der Waals surface area contributed by atoms with Crippen LogP contribution in [-0.4, -0.2) is 5.60 Å². The maximum absolute atomic E-state index is 12.2. The minimum atomic E-state index is -0.430. The van der Waals surface area contributed by atoms with Crippen LogP contribution in [0.25, 0.3) is 17.0 Å². The Labute approximate surface area is 161 Å². The molecule has 0 amide bonds. The van der Waals surface area contributed by atoms with Crippen LogP contribution >= 0.6 is 0 Å². The molecule has 1 aromatic carbocycles. The van der Waals surface area contributed by atoms with Crippen molar-refractivity contribution in [3.63, 3.8) is 0 Å². The van der Waals surface area contributed by atoms with E-state index in [0.717, 1.165) is 31.1 Å². The highest BCUT2D eigenvalue weighted by atomic mass is 16.5. The average Bonchev–Trinajstić information content (AvgIpc) is 2.61. The van der Waals surface area contributed by atoms with Gasteiger partial charge in [-0.2, -0.15) is 0 Å². The summed E-state index contributed by atoms with van der Waals surface area (Å²) in [5, 5.41) is 0.844. The van der Waals surface area contributed by atoms with Gasteiger partial charge in [0, 0.05) is 0 Å². The third kappa shape index (κ3) is 4.60. The first-order chi connectivity index (χ1) is 12.9. The summed E-state index contributed by atoms with van der Waals surface area (Å²) in [5.74, 6) is 0.635. The molecule has 27 heavy (non-hydrogen) atoms. The van der Waals surface area contributed by atoms with Crippen LogP contribution in [0.15, 0.2) is 62.9 Å². The highest BCUT2D eigenvalue weighted by molar-refractivity contribution is 5.87. The van der Waals surface area contributed by atoms with Crippen LogP contribution in [0.1, 0.15) is 58.9 Å². The van der Waals surface area contributed by atoms with Crippen LogP contribution in [0.3, 0.4) is 0 Å². The van der Waals surface area contributed by atoms with Crippen LogP contribution in [0.4, 0.5) is 0 Å². The van der Waals surface area contributed by atoms with Crippen LogP contribution in [-0.2, 0) is 0 Å². The molecule has 3 heteroatoms. The minimum Gasteiger partial charge on any atom is -0.482 e. The van der Waals surface area contributed by atoms with Crippen molar-refractivity contribution in [1.82, 2.24) is 0 Å². The van der Waals surface area contributed by atoms with E-state index in [9.17, 15) is 4.79 Å². The largest absolute Gasteiger partial charge is 0.482 e. The Morgan fingerprint density at radius 1 is 1.11 bits per heavy atom. The highest BCUT2D eigenvalue weighted by Crippen LogP contribution is 2.37. The fraction of sp³-hybridized carbons (Fsp3) is 0.375. The molecule has 3 rings (SSSR count). The molecule has 0 N–H and O–H groups in total. The lowest BCUT2D eigenvalue weighted by Gasteiger charge is -2.31. The first-order valence-corrected chi connectivity index (χ1v) is 9.61. The lowest BCUT2D eigenvalue weighted by atomic mass is 9.94. The lowest BCUT2D eigenvalue weighted by Crippen LogP contribution is -2.33. The minimum absolute atomic E-state index is 0.350. The molecule has 0 saturated carbocycles. The summed E-state index contributed by atoms with van der Waals surface area (Å²) in [6.45, 7) is 8.53. The van der Waals surface area contributed by atoms with E-state index in [1.807, 2.05) is 30.4 Å². The number of allylic oxidation sites excluding steroid dienone is 4. The van der Waals surface area contributed by atoms with Crippen molar-refractivity contribution in [2.24, 2.45) is 0 Å². The van der Waals surface area contributed by atoms with Crippen molar-refractivity contribution in [2.45, 2.75) is 59.0 Å². The van der Waals surface area contributed by atoms with Gasteiger partial charge in [0.25, 0.3) is 0 Å². The number of hydrogen-bond acceptors (Lipinski definition) is 3. The first-order valence-electron chi connectivity index (χ1n) is 9.61. The second-order valence-electron chi connectivity index (χ2n) is 7.79. The Bertz CT molecular complexity index is 971. The quantitative estimate of drug-likeness (QED) is 0.438. The number of para-hydroxylation sites is 1. The van der Waals surface area contributed by atoms with Gasteiger partial charge >= 0.3 is 5.63 Å². The van der Waals surface area contributed by atoms with Gasteiger partial charge in [-0.05, 0) is 77.7 Å². The smallest absolute Gasteiger partial charge is 0.347 e. The second-order valence-corrected chi connectivity index (χ2v) is 7.79. The normalized spacial score (nSPS) is 18.9. The molecule has 2 aromatic rings. The van der Waals surface area contributed by atoms with Gasteiger partial charge in [-0.25, -0.2) is 4.79 Å². The molecule has 1 aromatic heterocycles. The molecular formula is C24H28O3. The Morgan fingerprint density at radius 2 is 1.89 bits per heavy atom. The fourth-order valence-electron chi connectivity index (χ4n) is 3.35. The zero-order chi connectivity index (χ0) is 19.4. The van der Waals surface area contributed by atoms with Crippen molar-refractivity contribution in [1.29, 1.82) is 0 Å². The van der Waals surface area contributed by atoms with Crippen LogP contribution in [0, 0.1) is 0 Å². The third-order valence-electron chi connectivity index (χ3n) is 4.96. The summed E-state index contributed by atoms with van der Waals surface area (Å²) in [6.07, 6.45) is 12.4. The van der Waals surface area contributed by atoms with E-state index in [-0.39, 0.29) is 5.63 Å². The number of hydrogen-bond donors (Lipinski definition) is 0. The molecule has 0 fully saturated rings. The van der Waals surface area contributed by atoms with Crippen LogP contribution in [0.5, 0.6) is 5.75 Å². The lowest BCUT2D eigenvalue weighted by molar-refractivity contribution is 0.130. The van der Waals surface area contributed by atoms with E-state index in [0.29, 0.717) is 16.9 Å². The SMILES string of the molecule is CC(C)=CCC/C(C)=C/CC[C@@]1(C)C=Cc2c(c3ccccc3oc2=O)O1. The molecular weight excluding hydrogens is 336 g/mol. The summed E-state index contributed by atoms with van der Waals surface area (Å²) >= 11 is 0. The number of ether oxygens (including phenoxy) is 1. The number of rotatable bonds is 6. The molecule has 2 heterocycles. The maximum Gasteiger partial charge on any atom is 0.347 e. The maximum atomic E-state index is 12.2. The van der Waals surface area contributed by atoms with E-state index in [4.69, 9.17) is 9.15 Å². The predicted molar refractivity (Wildman–Crippen MR) is 112 cm³/mol. The molecule has 0 aliphatic carbocycles. The Kier molecular flexibility index (Phi) is 5.69. The molecule has 0 radical (unpaired) electrons. The average molecular weight is 364 g/mol. The zero-order valence-electron chi connectivity index (χ0n) is 16.7. The molecule has 1 atom stereocenters. The summed E-state index contributed by atoms with van der Waals surface area (Å²) in [7, 11) is 0. The van der Waals surface area contributed by atoms with E-state index in [2.05, 4.69) is 39.8 Å². The zero-order valence-corrected chi connectivity index (χ0v) is 16.7. The van der Waals surface area contributed by atoms with Crippen molar-refractivity contribution < 1.29 is 9.15 Å². The van der Waals surface area contributed by atoms with Crippen LogP contribution in [0.2, 0.25) is 0 Å². The van der Waals surface area contributed by atoms with E-state index < -0.39 is 5.60 Å². The van der Waals surface area contributed by atoms with Crippen molar-refractivity contribution in [3.8, 4) is 5.75 Å². The van der Waals surface area contributed by atoms with Gasteiger partial charge in [-0.3, -0.25) is 0 Å². The van der Waals surface area contributed by atoms with E-state index >= 15 is 0 Å². The van der Waals surface area contributed by atoms with Gasteiger partial charge in [0.15, 0.2) is 0 Å². The predicted octanol–water partition coefficient (Wildman–Crippen LogP) is 6.43. The fourth-order valence-corrected chi connectivity index (χ4v) is 3.35. The highest BCUT2D eigenvalue weighted by Gasteiger charge is 2.29. The van der Waals surface area contributed by atoms with E-state index in [1.165, 1.54) is 11.1 Å². The molecule has 142 valence electrons. The Morgan fingerprint density at radius 3 is 2.67 bits per heavy atom. The molecule has 3 nitrogen and oxygen atoms in total. The molecule has 0 saturated heterocycles. The third-order valence-corrected chi connectivity index (χ3v) is 4.96. The Hall–Kier alpha value is -2.55. The van der Waals surface area contributed by atoms with Gasteiger partial charge in [-0.15, -0.1) is 0 Å². The van der Waals surface area contributed by atoms with Crippen molar-refractivity contribution in [2.75, 3.05) is 0 Å². The monoisotopic (exact) mass is 364 g/mol. The molecule has 0 spiro atoms.